The predicted octanol–water partition coefficient (Wildman–Crippen LogP) is 2.86. The Morgan fingerprint density at radius 1 is 1.29 bits per heavy atom. The van der Waals surface area contributed by atoms with Crippen molar-refractivity contribution in [3.8, 4) is 0 Å². The topological polar surface area (TPSA) is 32.3 Å². The molecule has 0 spiro atoms. The molecule has 0 unspecified atom stereocenters. The van der Waals surface area contributed by atoms with E-state index in [0.29, 0.717) is 10.8 Å². The maximum atomic E-state index is 13.2. The Bertz CT molecular complexity index is 691. The summed E-state index contributed by atoms with van der Waals surface area (Å²) in [6, 6.07) is 6.78. The van der Waals surface area contributed by atoms with Gasteiger partial charge in [-0.3, -0.25) is 4.79 Å². The van der Waals surface area contributed by atoms with Crippen LogP contribution in [0.15, 0.2) is 24.3 Å². The molecule has 3 nitrogen and oxygen atoms in total. The number of piperidine rings is 3. The van der Waals surface area contributed by atoms with Crippen LogP contribution in [0.5, 0.6) is 0 Å². The molecule has 110 valence electrons. The molecule has 3 saturated heterocycles. The van der Waals surface area contributed by atoms with Crippen LogP contribution in [-0.2, 0) is 0 Å². The number of carbonyl (C=O) groups excluding carboxylic acids is 1. The summed E-state index contributed by atoms with van der Waals surface area (Å²) in [6.45, 7) is 3.30. The Kier molecular flexibility index (Phi) is 3.19. The maximum Gasteiger partial charge on any atom is 0.261 e. The molecule has 1 aromatic carbocycles. The van der Waals surface area contributed by atoms with Crippen LogP contribution in [0.3, 0.4) is 0 Å². The lowest BCUT2D eigenvalue weighted by atomic mass is 9.84. The average molecular weight is 304 g/mol. The standard InChI is InChI=1S/C16H17FN2OS/c17-12-2-1-11-7-15(21-14(11)8-12)16(20)18-13-9-19-5-3-10(13)4-6-19/h1-2,7-8,10,13H,3-6,9H2,(H,18,20)/t13-/m0/s1. The third-order valence-corrected chi connectivity index (χ3v) is 5.78. The van der Waals surface area contributed by atoms with Gasteiger partial charge in [-0.05, 0) is 55.4 Å². The van der Waals surface area contributed by atoms with Gasteiger partial charge in [0, 0.05) is 17.3 Å². The van der Waals surface area contributed by atoms with E-state index in [9.17, 15) is 9.18 Å². The van der Waals surface area contributed by atoms with E-state index < -0.39 is 0 Å². The van der Waals surface area contributed by atoms with Crippen molar-refractivity contribution in [1.29, 1.82) is 0 Å². The third-order valence-electron chi connectivity index (χ3n) is 4.68. The van der Waals surface area contributed by atoms with E-state index in [1.807, 2.05) is 6.07 Å². The lowest BCUT2D eigenvalue weighted by Crippen LogP contribution is -2.57. The van der Waals surface area contributed by atoms with Crippen molar-refractivity contribution in [2.24, 2.45) is 5.92 Å². The van der Waals surface area contributed by atoms with Crippen LogP contribution >= 0.6 is 11.3 Å². The summed E-state index contributed by atoms with van der Waals surface area (Å²) in [5.74, 6) is 0.342. The van der Waals surface area contributed by atoms with Crippen LogP contribution in [0.25, 0.3) is 10.1 Å². The second kappa shape index (κ2) is 5.07. The molecule has 0 radical (unpaired) electrons. The van der Waals surface area contributed by atoms with Gasteiger partial charge in [0.15, 0.2) is 0 Å². The molecule has 3 aliphatic heterocycles. The largest absolute Gasteiger partial charge is 0.347 e. The highest BCUT2D eigenvalue weighted by Crippen LogP contribution is 2.29. The van der Waals surface area contributed by atoms with E-state index in [-0.39, 0.29) is 17.8 Å². The minimum Gasteiger partial charge on any atom is -0.347 e. The highest BCUT2D eigenvalue weighted by atomic mass is 32.1. The minimum absolute atomic E-state index is 0.0182. The van der Waals surface area contributed by atoms with Gasteiger partial charge in [-0.25, -0.2) is 4.39 Å². The number of carbonyl (C=O) groups is 1. The fraction of sp³-hybridized carbons (Fsp3) is 0.438. The third kappa shape index (κ3) is 2.45. The number of fused-ring (bicyclic) bond motifs is 4. The van der Waals surface area contributed by atoms with Crippen LogP contribution in [-0.4, -0.2) is 36.5 Å². The number of hydrogen-bond donors (Lipinski definition) is 1. The van der Waals surface area contributed by atoms with Gasteiger partial charge in [0.2, 0.25) is 0 Å². The van der Waals surface area contributed by atoms with Crippen molar-refractivity contribution in [2.45, 2.75) is 18.9 Å². The summed E-state index contributed by atoms with van der Waals surface area (Å²) >= 11 is 1.36. The van der Waals surface area contributed by atoms with Gasteiger partial charge in [0.25, 0.3) is 5.91 Å². The zero-order valence-corrected chi connectivity index (χ0v) is 12.5. The van der Waals surface area contributed by atoms with Crippen LogP contribution in [0.2, 0.25) is 0 Å². The highest BCUT2D eigenvalue weighted by Gasteiger charge is 2.35. The van der Waals surface area contributed by atoms with Gasteiger partial charge >= 0.3 is 0 Å². The first kappa shape index (κ1) is 13.2. The lowest BCUT2D eigenvalue weighted by Gasteiger charge is -2.44. The van der Waals surface area contributed by atoms with Crippen LogP contribution in [0.1, 0.15) is 22.5 Å². The van der Waals surface area contributed by atoms with Crippen molar-refractivity contribution in [2.75, 3.05) is 19.6 Å². The number of hydrogen-bond acceptors (Lipinski definition) is 3. The summed E-state index contributed by atoms with van der Waals surface area (Å²) in [7, 11) is 0. The van der Waals surface area contributed by atoms with Gasteiger partial charge in [-0.1, -0.05) is 6.07 Å². The maximum absolute atomic E-state index is 13.2. The Hall–Kier alpha value is -1.46. The van der Waals surface area contributed by atoms with Gasteiger partial charge in [0.1, 0.15) is 5.82 Å². The normalized spacial score (nSPS) is 28.0. The first-order chi connectivity index (χ1) is 10.2. The fourth-order valence-electron chi connectivity index (χ4n) is 3.49. The monoisotopic (exact) mass is 304 g/mol. The number of amides is 1. The molecule has 1 amide bonds. The second-order valence-electron chi connectivity index (χ2n) is 6.01. The average Bonchev–Trinajstić information content (AvgIpc) is 2.91. The van der Waals surface area contributed by atoms with Gasteiger partial charge in [0.05, 0.1) is 4.88 Å². The SMILES string of the molecule is O=C(N[C@H]1CN2CCC1CC2)c1cc2ccc(F)cc2s1. The van der Waals surface area contributed by atoms with Gasteiger partial charge < -0.3 is 10.2 Å². The highest BCUT2D eigenvalue weighted by molar-refractivity contribution is 7.20. The summed E-state index contributed by atoms with van der Waals surface area (Å²) in [6.07, 6.45) is 2.37. The summed E-state index contributed by atoms with van der Waals surface area (Å²) < 4.78 is 14.1. The van der Waals surface area contributed by atoms with Crippen LogP contribution < -0.4 is 5.32 Å². The van der Waals surface area contributed by atoms with E-state index in [0.717, 1.165) is 16.6 Å². The molecule has 3 fully saturated rings. The lowest BCUT2D eigenvalue weighted by molar-refractivity contribution is 0.0622. The molecular weight excluding hydrogens is 287 g/mol. The van der Waals surface area contributed by atoms with Crippen molar-refractivity contribution in [1.82, 2.24) is 10.2 Å². The van der Waals surface area contributed by atoms with Crippen molar-refractivity contribution in [3.63, 3.8) is 0 Å². The van der Waals surface area contributed by atoms with E-state index in [1.165, 1.54) is 49.4 Å². The predicted molar refractivity (Wildman–Crippen MR) is 82.2 cm³/mol. The molecule has 5 rings (SSSR count). The Morgan fingerprint density at radius 2 is 2.10 bits per heavy atom. The quantitative estimate of drug-likeness (QED) is 0.925. The van der Waals surface area contributed by atoms with Crippen molar-refractivity contribution in [3.05, 3.63) is 35.0 Å². The molecular formula is C16H17FN2OS. The summed E-state index contributed by atoms with van der Waals surface area (Å²) in [5.41, 5.74) is 0. The molecule has 21 heavy (non-hydrogen) atoms. The number of thiophene rings is 1. The number of nitrogens with one attached hydrogen (secondary N) is 1. The smallest absolute Gasteiger partial charge is 0.261 e. The first-order valence-electron chi connectivity index (χ1n) is 7.41. The second-order valence-corrected chi connectivity index (χ2v) is 7.09. The molecule has 4 heterocycles. The molecule has 0 aliphatic carbocycles. The molecule has 2 aromatic rings. The number of nitrogens with zero attached hydrogens (tertiary/aromatic N) is 1. The van der Waals surface area contributed by atoms with E-state index in [4.69, 9.17) is 0 Å². The molecule has 1 atom stereocenters. The summed E-state index contributed by atoms with van der Waals surface area (Å²) in [5, 5.41) is 4.11. The molecule has 3 aliphatic rings. The van der Waals surface area contributed by atoms with E-state index >= 15 is 0 Å². The Labute approximate surface area is 126 Å². The van der Waals surface area contributed by atoms with Crippen molar-refractivity contribution >= 4 is 27.3 Å². The van der Waals surface area contributed by atoms with Crippen LogP contribution in [0.4, 0.5) is 4.39 Å². The van der Waals surface area contributed by atoms with Gasteiger partial charge in [-0.2, -0.15) is 0 Å². The van der Waals surface area contributed by atoms with E-state index in [1.54, 1.807) is 6.07 Å². The molecule has 0 saturated carbocycles. The fourth-order valence-corrected chi connectivity index (χ4v) is 4.48. The van der Waals surface area contributed by atoms with Crippen molar-refractivity contribution < 1.29 is 9.18 Å². The van der Waals surface area contributed by atoms with Gasteiger partial charge in [-0.15, -0.1) is 11.3 Å². The molecule has 2 bridgehead atoms. The Morgan fingerprint density at radius 3 is 2.81 bits per heavy atom. The Balaban J connectivity index is 1.53. The molecule has 5 heteroatoms. The molecule has 1 aromatic heterocycles. The number of benzene rings is 1. The zero-order valence-electron chi connectivity index (χ0n) is 11.6. The zero-order chi connectivity index (χ0) is 14.4. The minimum atomic E-state index is -0.256. The number of rotatable bonds is 2. The van der Waals surface area contributed by atoms with Crippen LogP contribution in [0, 0.1) is 11.7 Å². The summed E-state index contributed by atoms with van der Waals surface area (Å²) in [4.78, 5) is 15.5. The first-order valence-corrected chi connectivity index (χ1v) is 8.23. The van der Waals surface area contributed by atoms with E-state index in [2.05, 4.69) is 10.2 Å². The molecule has 1 N–H and O–H groups in total. The number of halogens is 1.